The van der Waals surface area contributed by atoms with Crippen LogP contribution in [0.25, 0.3) is 66.1 Å². The largest absolute Gasteiger partial charge is 0.308 e. The van der Waals surface area contributed by atoms with Gasteiger partial charge in [0.05, 0.1) is 45.1 Å². The highest BCUT2D eigenvalue weighted by Gasteiger charge is 2.24. The summed E-state index contributed by atoms with van der Waals surface area (Å²) in [6.07, 6.45) is 0. The summed E-state index contributed by atoms with van der Waals surface area (Å²) in [7, 11) is 0. The first-order valence-corrected chi connectivity index (χ1v) is 15.5. The van der Waals surface area contributed by atoms with Crippen molar-refractivity contribution in [2.75, 3.05) is 0 Å². The van der Waals surface area contributed by atoms with Crippen molar-refractivity contribution in [2.45, 2.75) is 27.7 Å². The maximum absolute atomic E-state index is 11.2. The van der Waals surface area contributed by atoms with Gasteiger partial charge in [-0.2, -0.15) is 10.5 Å². The predicted octanol–water partition coefficient (Wildman–Crippen LogP) is 10.5. The number of hydrogen-bond acceptors (Lipinski definition) is 2. The Labute approximate surface area is 267 Å². The van der Waals surface area contributed by atoms with Gasteiger partial charge < -0.3 is 9.13 Å². The van der Waals surface area contributed by atoms with Gasteiger partial charge in [-0.05, 0) is 100.0 Å². The van der Waals surface area contributed by atoms with E-state index >= 15 is 0 Å². The number of rotatable bonds is 3. The van der Waals surface area contributed by atoms with Gasteiger partial charge in [0.15, 0.2) is 0 Å². The molecule has 6 aromatic carbocycles. The molecule has 4 heteroatoms. The molecule has 0 N–H and O–H groups in total. The van der Waals surface area contributed by atoms with Crippen LogP contribution in [0.4, 0.5) is 0 Å². The van der Waals surface area contributed by atoms with Crippen LogP contribution in [0.5, 0.6) is 0 Å². The number of nitriles is 2. The van der Waals surface area contributed by atoms with Gasteiger partial charge in [0.2, 0.25) is 0 Å². The van der Waals surface area contributed by atoms with Gasteiger partial charge in [-0.3, -0.25) is 0 Å². The summed E-state index contributed by atoms with van der Waals surface area (Å²) in [4.78, 5) is 0. The standard InChI is InChI=1S/C42H30N4/c1-25-8-13-37-32(18-25)33-19-26(2)9-14-38(33)45(37)41-17-12-31(30-7-5-6-29(22-30)23-43)42(36(41)24-44)46-39-15-10-27(3)20-34(39)35-21-28(4)11-16-40(35)46/h5-22H,1-4H3. The molecule has 4 nitrogen and oxygen atoms in total. The Kier molecular flexibility index (Phi) is 6.11. The second kappa shape index (κ2) is 10.2. The zero-order chi connectivity index (χ0) is 31.7. The van der Waals surface area contributed by atoms with Crippen LogP contribution in [0.15, 0.2) is 109 Å². The monoisotopic (exact) mass is 590 g/mol. The van der Waals surface area contributed by atoms with Crippen molar-refractivity contribution in [3.63, 3.8) is 0 Å². The average molecular weight is 591 g/mol. The lowest BCUT2D eigenvalue weighted by molar-refractivity contribution is 1.12. The van der Waals surface area contributed by atoms with Crippen molar-refractivity contribution in [1.82, 2.24) is 9.13 Å². The zero-order valence-corrected chi connectivity index (χ0v) is 26.2. The lowest BCUT2D eigenvalue weighted by Crippen LogP contribution is -2.06. The Morgan fingerprint density at radius 1 is 0.478 bits per heavy atom. The Morgan fingerprint density at radius 3 is 1.41 bits per heavy atom. The highest BCUT2D eigenvalue weighted by Crippen LogP contribution is 2.42. The van der Waals surface area contributed by atoms with Crippen LogP contribution in [0.3, 0.4) is 0 Å². The molecule has 0 aliphatic rings. The fraction of sp³-hybridized carbons (Fsp3) is 0.0952. The summed E-state index contributed by atoms with van der Waals surface area (Å²) in [6.45, 7) is 8.47. The first-order chi connectivity index (χ1) is 22.4. The van der Waals surface area contributed by atoms with Crippen molar-refractivity contribution in [3.8, 4) is 34.6 Å². The molecule has 0 saturated heterocycles. The summed E-state index contributed by atoms with van der Waals surface area (Å²) in [6, 6.07) is 42.9. The molecule has 0 unspecified atom stereocenters. The normalized spacial score (nSPS) is 11.4. The van der Waals surface area contributed by atoms with E-state index in [4.69, 9.17) is 0 Å². The minimum atomic E-state index is 0.569. The van der Waals surface area contributed by atoms with E-state index < -0.39 is 0 Å². The maximum atomic E-state index is 11.2. The molecular formula is C42H30N4. The summed E-state index contributed by atoms with van der Waals surface area (Å²) in [5.74, 6) is 0. The summed E-state index contributed by atoms with van der Waals surface area (Å²) >= 11 is 0. The molecule has 0 saturated carbocycles. The summed E-state index contributed by atoms with van der Waals surface area (Å²) in [5.41, 5.74) is 13.5. The number of nitrogens with zero attached hydrogens (tertiary/aromatic N) is 4. The Hall–Kier alpha value is -6.10. The van der Waals surface area contributed by atoms with E-state index in [1.165, 1.54) is 22.3 Å². The molecule has 0 spiro atoms. The van der Waals surface area contributed by atoms with Gasteiger partial charge in [-0.15, -0.1) is 0 Å². The first kappa shape index (κ1) is 27.4. The summed E-state index contributed by atoms with van der Waals surface area (Å²) in [5, 5.41) is 25.6. The number of hydrogen-bond donors (Lipinski definition) is 0. The molecule has 0 atom stereocenters. The molecule has 0 aliphatic heterocycles. The molecular weight excluding hydrogens is 560 g/mol. The number of fused-ring (bicyclic) bond motifs is 6. The van der Waals surface area contributed by atoms with Gasteiger partial charge in [-0.25, -0.2) is 0 Å². The van der Waals surface area contributed by atoms with Crippen LogP contribution in [0.2, 0.25) is 0 Å². The molecule has 218 valence electrons. The smallest absolute Gasteiger partial charge is 0.104 e. The van der Waals surface area contributed by atoms with E-state index in [1.54, 1.807) is 0 Å². The van der Waals surface area contributed by atoms with E-state index in [0.29, 0.717) is 11.1 Å². The van der Waals surface area contributed by atoms with Crippen LogP contribution in [-0.4, -0.2) is 9.13 Å². The predicted molar refractivity (Wildman–Crippen MR) is 189 cm³/mol. The average Bonchev–Trinajstić information content (AvgIpc) is 3.54. The second-order valence-corrected chi connectivity index (χ2v) is 12.4. The molecule has 46 heavy (non-hydrogen) atoms. The van der Waals surface area contributed by atoms with Gasteiger partial charge in [0, 0.05) is 27.1 Å². The molecule has 0 bridgehead atoms. The maximum Gasteiger partial charge on any atom is 0.104 e. The third kappa shape index (κ3) is 4.05. The van der Waals surface area contributed by atoms with E-state index in [-0.39, 0.29) is 0 Å². The van der Waals surface area contributed by atoms with Gasteiger partial charge >= 0.3 is 0 Å². The zero-order valence-electron chi connectivity index (χ0n) is 26.2. The minimum Gasteiger partial charge on any atom is -0.308 e. The molecule has 0 radical (unpaired) electrons. The van der Waals surface area contributed by atoms with Crippen molar-refractivity contribution < 1.29 is 0 Å². The van der Waals surface area contributed by atoms with Crippen LogP contribution >= 0.6 is 0 Å². The summed E-state index contributed by atoms with van der Waals surface area (Å²) < 4.78 is 4.49. The van der Waals surface area contributed by atoms with E-state index in [0.717, 1.165) is 66.1 Å². The van der Waals surface area contributed by atoms with Crippen LogP contribution in [0, 0.1) is 50.4 Å². The quantitative estimate of drug-likeness (QED) is 0.206. The van der Waals surface area contributed by atoms with Crippen molar-refractivity contribution in [1.29, 1.82) is 10.5 Å². The second-order valence-electron chi connectivity index (χ2n) is 12.4. The number of benzene rings is 6. The first-order valence-electron chi connectivity index (χ1n) is 15.5. The Balaban J connectivity index is 1.58. The van der Waals surface area contributed by atoms with Crippen molar-refractivity contribution in [3.05, 3.63) is 143 Å². The lowest BCUT2D eigenvalue weighted by Gasteiger charge is -2.20. The van der Waals surface area contributed by atoms with Crippen molar-refractivity contribution >= 4 is 43.6 Å². The van der Waals surface area contributed by atoms with E-state index in [9.17, 15) is 10.5 Å². The van der Waals surface area contributed by atoms with E-state index in [2.05, 4.69) is 134 Å². The van der Waals surface area contributed by atoms with Crippen LogP contribution in [0.1, 0.15) is 33.4 Å². The third-order valence-electron chi connectivity index (χ3n) is 9.19. The van der Waals surface area contributed by atoms with Crippen LogP contribution in [-0.2, 0) is 0 Å². The highest BCUT2D eigenvalue weighted by atomic mass is 15.0. The SMILES string of the molecule is Cc1ccc2c(c1)c1cc(C)ccc1n2-c1ccc(-c2cccc(C#N)c2)c(-n2c3ccc(C)cc3c3cc(C)ccc32)c1C#N. The topological polar surface area (TPSA) is 57.4 Å². The van der Waals surface area contributed by atoms with Gasteiger partial charge in [0.25, 0.3) is 0 Å². The molecule has 0 amide bonds. The molecule has 8 aromatic rings. The van der Waals surface area contributed by atoms with E-state index in [1.807, 2.05) is 24.3 Å². The third-order valence-corrected chi connectivity index (χ3v) is 9.19. The minimum absolute atomic E-state index is 0.569. The van der Waals surface area contributed by atoms with Gasteiger partial charge in [0.1, 0.15) is 11.6 Å². The molecule has 0 aliphatic carbocycles. The lowest BCUT2D eigenvalue weighted by atomic mass is 9.97. The highest BCUT2D eigenvalue weighted by molar-refractivity contribution is 6.12. The fourth-order valence-electron chi connectivity index (χ4n) is 7.10. The Morgan fingerprint density at radius 2 is 0.957 bits per heavy atom. The molecule has 2 aromatic heterocycles. The van der Waals surface area contributed by atoms with Gasteiger partial charge in [-0.1, -0.05) is 64.7 Å². The molecule has 2 heterocycles. The van der Waals surface area contributed by atoms with Crippen LogP contribution < -0.4 is 0 Å². The molecule has 8 rings (SSSR count). The fourth-order valence-corrected chi connectivity index (χ4v) is 7.10. The van der Waals surface area contributed by atoms with Crippen molar-refractivity contribution in [2.24, 2.45) is 0 Å². The Bertz CT molecular complexity index is 2530. The number of aromatic nitrogens is 2. The molecule has 0 fully saturated rings. The number of aryl methyl sites for hydroxylation is 4.